The second kappa shape index (κ2) is 7.85. The van der Waals surface area contributed by atoms with Crippen LogP contribution in [0.1, 0.15) is 26.3 Å². The number of nitrogens with zero attached hydrogens (tertiary/aromatic N) is 2. The van der Waals surface area contributed by atoms with Gasteiger partial charge >= 0.3 is 0 Å². The molecule has 0 unspecified atom stereocenters. The smallest absolute Gasteiger partial charge is 0.249 e. The van der Waals surface area contributed by atoms with Crippen molar-refractivity contribution in [3.63, 3.8) is 0 Å². The lowest BCUT2D eigenvalue weighted by Crippen LogP contribution is -2.35. The first-order valence-electron chi connectivity index (χ1n) is 6.92. The molecule has 0 saturated heterocycles. The molecule has 1 aromatic heterocycles. The fraction of sp³-hybridized carbons (Fsp3) is 0.600. The molecule has 0 aliphatic carbocycles. The van der Waals surface area contributed by atoms with Gasteiger partial charge in [-0.2, -0.15) is 0 Å². The van der Waals surface area contributed by atoms with E-state index in [1.54, 1.807) is 13.1 Å². The maximum Gasteiger partial charge on any atom is 0.249 e. The Kier molecular flexibility index (Phi) is 6.45. The molecule has 1 N–H and O–H groups in total. The van der Waals surface area contributed by atoms with Crippen LogP contribution in [0.2, 0.25) is 0 Å². The Morgan fingerprint density at radius 2 is 2.10 bits per heavy atom. The number of hydrogen-bond donors (Lipinski definition) is 1. The molecule has 0 bridgehead atoms. The van der Waals surface area contributed by atoms with E-state index < -0.39 is 6.10 Å². The lowest BCUT2D eigenvalue weighted by atomic mass is 10.2. The average molecular weight is 279 g/mol. The largest absolute Gasteiger partial charge is 0.368 e. The summed E-state index contributed by atoms with van der Waals surface area (Å²) in [4.78, 5) is 18.2. The molecule has 20 heavy (non-hydrogen) atoms. The molecule has 1 rings (SSSR count). The number of rotatable bonds is 7. The van der Waals surface area contributed by atoms with Gasteiger partial charge in [-0.1, -0.05) is 19.9 Å². The normalized spacial score (nSPS) is 12.3. The van der Waals surface area contributed by atoms with Gasteiger partial charge in [0, 0.05) is 39.0 Å². The first-order chi connectivity index (χ1) is 9.41. The second-order valence-corrected chi connectivity index (χ2v) is 5.47. The summed E-state index contributed by atoms with van der Waals surface area (Å²) in [7, 11) is 3.87. The fourth-order valence-electron chi connectivity index (χ4n) is 1.71. The van der Waals surface area contributed by atoms with Gasteiger partial charge in [0.25, 0.3) is 0 Å². The van der Waals surface area contributed by atoms with E-state index >= 15 is 0 Å². The number of nitrogens with one attached hydrogen (secondary N) is 1. The first kappa shape index (κ1) is 16.4. The highest BCUT2D eigenvalue weighted by Crippen LogP contribution is 2.13. The number of carbonyl (C=O) groups is 1. The van der Waals surface area contributed by atoms with E-state index in [0.29, 0.717) is 19.1 Å². The van der Waals surface area contributed by atoms with E-state index in [2.05, 4.69) is 24.1 Å². The zero-order valence-electron chi connectivity index (χ0n) is 13.0. The number of amides is 1. The monoisotopic (exact) mass is 279 g/mol. The minimum atomic E-state index is -0.433. The zero-order chi connectivity index (χ0) is 15.1. The summed E-state index contributed by atoms with van der Waals surface area (Å²) >= 11 is 0. The van der Waals surface area contributed by atoms with Crippen LogP contribution in [-0.2, 0) is 16.1 Å². The molecule has 0 radical (unpaired) electrons. The van der Waals surface area contributed by atoms with Crippen LogP contribution < -0.4 is 10.2 Å². The molecular weight excluding hydrogens is 254 g/mol. The van der Waals surface area contributed by atoms with Gasteiger partial charge < -0.3 is 15.0 Å². The molecule has 1 amide bonds. The van der Waals surface area contributed by atoms with Crippen LogP contribution in [0.5, 0.6) is 0 Å². The number of pyridine rings is 1. The van der Waals surface area contributed by atoms with Crippen LogP contribution in [0.25, 0.3) is 0 Å². The minimum Gasteiger partial charge on any atom is -0.368 e. The summed E-state index contributed by atoms with van der Waals surface area (Å²) in [5.41, 5.74) is 0.988. The van der Waals surface area contributed by atoms with Crippen LogP contribution in [-0.4, -0.2) is 37.7 Å². The molecule has 0 aliphatic heterocycles. The molecule has 112 valence electrons. The third kappa shape index (κ3) is 5.17. The SMILES string of the molecule is CC(C)CO[C@H](C)C(=O)NCc1cccnc1N(C)C. The Morgan fingerprint density at radius 1 is 1.40 bits per heavy atom. The summed E-state index contributed by atoms with van der Waals surface area (Å²) in [6.45, 7) is 6.93. The van der Waals surface area contributed by atoms with Gasteiger partial charge in [0.1, 0.15) is 11.9 Å². The molecule has 0 spiro atoms. The number of hydrogen-bond acceptors (Lipinski definition) is 4. The van der Waals surface area contributed by atoms with Crippen molar-refractivity contribution in [3.8, 4) is 0 Å². The maximum atomic E-state index is 11.9. The van der Waals surface area contributed by atoms with E-state index in [-0.39, 0.29) is 5.91 Å². The summed E-state index contributed by atoms with van der Waals surface area (Å²) < 4.78 is 5.49. The fourth-order valence-corrected chi connectivity index (χ4v) is 1.71. The quantitative estimate of drug-likeness (QED) is 0.827. The topological polar surface area (TPSA) is 54.5 Å². The van der Waals surface area contributed by atoms with Gasteiger partial charge in [-0.15, -0.1) is 0 Å². The van der Waals surface area contributed by atoms with Crippen molar-refractivity contribution in [3.05, 3.63) is 23.9 Å². The third-order valence-electron chi connectivity index (χ3n) is 2.79. The van der Waals surface area contributed by atoms with Crippen LogP contribution in [0.15, 0.2) is 18.3 Å². The van der Waals surface area contributed by atoms with E-state index in [9.17, 15) is 4.79 Å². The van der Waals surface area contributed by atoms with Gasteiger partial charge in [0.2, 0.25) is 5.91 Å². The molecule has 5 nitrogen and oxygen atoms in total. The predicted octanol–water partition coefficient (Wildman–Crippen LogP) is 1.82. The summed E-state index contributed by atoms with van der Waals surface area (Å²) in [5.74, 6) is 1.19. The molecular formula is C15H25N3O2. The molecule has 0 aliphatic rings. The lowest BCUT2D eigenvalue weighted by molar-refractivity contribution is -0.132. The van der Waals surface area contributed by atoms with Crippen LogP contribution in [0.4, 0.5) is 5.82 Å². The Morgan fingerprint density at radius 3 is 2.70 bits per heavy atom. The molecule has 0 saturated carbocycles. The number of carbonyl (C=O) groups excluding carboxylic acids is 1. The predicted molar refractivity (Wildman–Crippen MR) is 80.7 cm³/mol. The maximum absolute atomic E-state index is 11.9. The highest BCUT2D eigenvalue weighted by molar-refractivity contribution is 5.80. The molecule has 0 fully saturated rings. The van der Waals surface area contributed by atoms with Crippen molar-refractivity contribution < 1.29 is 9.53 Å². The molecule has 1 heterocycles. The van der Waals surface area contributed by atoms with Crippen molar-refractivity contribution in [2.45, 2.75) is 33.4 Å². The average Bonchev–Trinajstić information content (AvgIpc) is 2.42. The van der Waals surface area contributed by atoms with Crippen LogP contribution in [0.3, 0.4) is 0 Å². The van der Waals surface area contributed by atoms with Crippen molar-refractivity contribution in [1.29, 1.82) is 0 Å². The van der Waals surface area contributed by atoms with E-state index in [1.807, 2.05) is 31.1 Å². The van der Waals surface area contributed by atoms with Gasteiger partial charge in [-0.05, 0) is 18.9 Å². The van der Waals surface area contributed by atoms with Crippen LogP contribution in [0, 0.1) is 5.92 Å². The Hall–Kier alpha value is -1.62. The summed E-state index contributed by atoms with van der Waals surface area (Å²) in [6.07, 6.45) is 1.31. The van der Waals surface area contributed by atoms with Crippen LogP contribution >= 0.6 is 0 Å². The molecule has 1 aromatic rings. The van der Waals surface area contributed by atoms with Gasteiger partial charge in [-0.25, -0.2) is 4.98 Å². The van der Waals surface area contributed by atoms with Gasteiger partial charge in [0.05, 0.1) is 0 Å². The minimum absolute atomic E-state index is 0.0980. The highest BCUT2D eigenvalue weighted by atomic mass is 16.5. The molecule has 0 aromatic carbocycles. The van der Waals surface area contributed by atoms with Crippen molar-refractivity contribution >= 4 is 11.7 Å². The van der Waals surface area contributed by atoms with Crippen molar-refractivity contribution in [2.75, 3.05) is 25.6 Å². The standard InChI is InChI=1S/C15H25N3O2/c1-11(2)10-20-12(3)15(19)17-9-13-7-6-8-16-14(13)18(4)5/h6-8,11-12H,9-10H2,1-5H3,(H,17,19)/t12-/m1/s1. The van der Waals surface area contributed by atoms with Gasteiger partial charge in [-0.3, -0.25) is 4.79 Å². The van der Waals surface area contributed by atoms with Crippen molar-refractivity contribution in [1.82, 2.24) is 10.3 Å². The molecule has 1 atom stereocenters. The second-order valence-electron chi connectivity index (χ2n) is 5.47. The third-order valence-corrected chi connectivity index (χ3v) is 2.79. The Bertz CT molecular complexity index is 433. The van der Waals surface area contributed by atoms with E-state index in [4.69, 9.17) is 4.74 Å². The van der Waals surface area contributed by atoms with Crippen molar-refractivity contribution in [2.24, 2.45) is 5.92 Å². The summed E-state index contributed by atoms with van der Waals surface area (Å²) in [5, 5.41) is 2.89. The zero-order valence-corrected chi connectivity index (χ0v) is 13.0. The lowest BCUT2D eigenvalue weighted by Gasteiger charge is -2.18. The van der Waals surface area contributed by atoms with E-state index in [0.717, 1.165) is 11.4 Å². The highest BCUT2D eigenvalue weighted by Gasteiger charge is 2.14. The summed E-state index contributed by atoms with van der Waals surface area (Å²) in [6, 6.07) is 3.83. The van der Waals surface area contributed by atoms with Gasteiger partial charge in [0.15, 0.2) is 0 Å². The number of anilines is 1. The number of aromatic nitrogens is 1. The Labute approximate surface area is 121 Å². The number of ether oxygens (including phenoxy) is 1. The first-order valence-corrected chi connectivity index (χ1v) is 6.92. The van der Waals surface area contributed by atoms with E-state index in [1.165, 1.54) is 0 Å². The Balaban J connectivity index is 2.52. The molecule has 5 heteroatoms.